The highest BCUT2D eigenvalue weighted by molar-refractivity contribution is 5.80. The summed E-state index contributed by atoms with van der Waals surface area (Å²) < 4.78 is 10.8. The van der Waals surface area contributed by atoms with Gasteiger partial charge in [-0.25, -0.2) is 0 Å². The second kappa shape index (κ2) is 5.15. The molecule has 1 amide bonds. The van der Waals surface area contributed by atoms with Gasteiger partial charge >= 0.3 is 0 Å². The lowest BCUT2D eigenvalue weighted by Gasteiger charge is -2.51. The predicted molar refractivity (Wildman–Crippen MR) is 68.3 cm³/mol. The van der Waals surface area contributed by atoms with E-state index in [1.165, 1.54) is 0 Å². The van der Waals surface area contributed by atoms with Crippen LogP contribution in [-0.4, -0.2) is 51.5 Å². The highest BCUT2D eigenvalue weighted by Crippen LogP contribution is 2.42. The molecule has 0 aromatic carbocycles. The summed E-state index contributed by atoms with van der Waals surface area (Å²) in [5, 5.41) is 6.27. The summed E-state index contributed by atoms with van der Waals surface area (Å²) in [6.45, 7) is 5.40. The largest absolute Gasteiger partial charge is 0.381 e. The minimum atomic E-state index is -0.0765. The van der Waals surface area contributed by atoms with Crippen LogP contribution in [0.25, 0.3) is 0 Å². The van der Waals surface area contributed by atoms with Crippen LogP contribution >= 0.6 is 0 Å². The summed E-state index contributed by atoms with van der Waals surface area (Å²) in [4.78, 5) is 12.2. The van der Waals surface area contributed by atoms with Crippen molar-refractivity contribution in [1.29, 1.82) is 0 Å². The Hall–Kier alpha value is -0.650. The minimum absolute atomic E-state index is 0.0129. The van der Waals surface area contributed by atoms with Gasteiger partial charge in [0.05, 0.1) is 25.2 Å². The number of hydrogen-bond donors (Lipinski definition) is 2. The Morgan fingerprint density at radius 1 is 1.39 bits per heavy atom. The molecule has 1 aliphatic heterocycles. The van der Waals surface area contributed by atoms with E-state index in [1.807, 2.05) is 7.05 Å². The van der Waals surface area contributed by atoms with Crippen molar-refractivity contribution in [3.63, 3.8) is 0 Å². The molecule has 0 aromatic heterocycles. The third-order valence-electron chi connectivity index (χ3n) is 4.57. The second-order valence-corrected chi connectivity index (χ2v) is 5.88. The number of carbonyl (C=O) groups is 1. The van der Waals surface area contributed by atoms with Gasteiger partial charge in [0.25, 0.3) is 0 Å². The third kappa shape index (κ3) is 2.27. The Bertz CT molecular complexity index is 319. The van der Waals surface area contributed by atoms with E-state index in [9.17, 15) is 4.79 Å². The van der Waals surface area contributed by atoms with Crippen molar-refractivity contribution in [2.24, 2.45) is 11.3 Å². The first kappa shape index (κ1) is 13.8. The first-order chi connectivity index (χ1) is 8.50. The molecule has 2 aliphatic rings. The van der Waals surface area contributed by atoms with Crippen LogP contribution in [0.5, 0.6) is 0 Å². The van der Waals surface area contributed by atoms with Crippen molar-refractivity contribution in [2.45, 2.75) is 38.5 Å². The van der Waals surface area contributed by atoms with Gasteiger partial charge in [-0.3, -0.25) is 4.79 Å². The quantitative estimate of drug-likeness (QED) is 0.752. The van der Waals surface area contributed by atoms with Gasteiger partial charge in [0.1, 0.15) is 0 Å². The SMILES string of the molecule is CNC1COCC1C(=O)NC1CC(OC)C1(C)C. The van der Waals surface area contributed by atoms with E-state index < -0.39 is 0 Å². The Labute approximate surface area is 109 Å². The highest BCUT2D eigenvalue weighted by atomic mass is 16.5. The standard InChI is InChI=1S/C13H24N2O3/c1-13(2)10(5-11(13)17-4)15-12(16)8-6-18-7-9(8)14-3/h8-11,14H,5-7H2,1-4H3,(H,15,16). The maximum absolute atomic E-state index is 12.2. The van der Waals surface area contributed by atoms with Gasteiger partial charge in [-0.05, 0) is 13.5 Å². The van der Waals surface area contributed by atoms with E-state index in [-0.39, 0.29) is 35.4 Å². The van der Waals surface area contributed by atoms with Crippen molar-refractivity contribution >= 4 is 5.91 Å². The van der Waals surface area contributed by atoms with Gasteiger partial charge in [-0.2, -0.15) is 0 Å². The number of hydrogen-bond acceptors (Lipinski definition) is 4. The van der Waals surface area contributed by atoms with E-state index in [0.29, 0.717) is 13.2 Å². The predicted octanol–water partition coefficient (Wildman–Crippen LogP) is 0.151. The number of carbonyl (C=O) groups excluding carboxylic acids is 1. The lowest BCUT2D eigenvalue weighted by atomic mass is 9.64. The smallest absolute Gasteiger partial charge is 0.227 e. The van der Waals surface area contributed by atoms with Gasteiger partial charge in [-0.1, -0.05) is 13.8 Å². The van der Waals surface area contributed by atoms with Gasteiger partial charge in [0, 0.05) is 24.6 Å². The number of rotatable bonds is 4. The summed E-state index contributed by atoms with van der Waals surface area (Å²) in [5.74, 6) is 0.0203. The van der Waals surface area contributed by atoms with Crippen LogP contribution in [0.1, 0.15) is 20.3 Å². The highest BCUT2D eigenvalue weighted by Gasteiger charge is 2.50. The number of nitrogens with one attached hydrogen (secondary N) is 2. The van der Waals surface area contributed by atoms with Gasteiger partial charge in [0.15, 0.2) is 0 Å². The maximum atomic E-state index is 12.2. The zero-order valence-corrected chi connectivity index (χ0v) is 11.7. The van der Waals surface area contributed by atoms with Crippen LogP contribution in [0.15, 0.2) is 0 Å². The molecule has 0 aromatic rings. The molecule has 18 heavy (non-hydrogen) atoms. The Balaban J connectivity index is 1.89. The summed E-state index contributed by atoms with van der Waals surface area (Å²) >= 11 is 0. The molecule has 4 atom stereocenters. The van der Waals surface area contributed by atoms with Crippen molar-refractivity contribution in [3.8, 4) is 0 Å². The van der Waals surface area contributed by atoms with Crippen LogP contribution in [0.2, 0.25) is 0 Å². The van der Waals surface area contributed by atoms with Gasteiger partial charge < -0.3 is 20.1 Å². The molecule has 4 unspecified atom stereocenters. The van der Waals surface area contributed by atoms with Crippen LogP contribution in [-0.2, 0) is 14.3 Å². The van der Waals surface area contributed by atoms with Crippen LogP contribution < -0.4 is 10.6 Å². The Morgan fingerprint density at radius 2 is 2.11 bits per heavy atom. The summed E-state index contributed by atoms with van der Waals surface area (Å²) in [6, 6.07) is 0.333. The van der Waals surface area contributed by atoms with Crippen LogP contribution in [0.3, 0.4) is 0 Å². The van der Waals surface area contributed by atoms with E-state index >= 15 is 0 Å². The molecule has 104 valence electrons. The average molecular weight is 256 g/mol. The number of ether oxygens (including phenoxy) is 2. The van der Waals surface area contributed by atoms with E-state index in [0.717, 1.165) is 6.42 Å². The molecule has 0 radical (unpaired) electrons. The number of amides is 1. The van der Waals surface area contributed by atoms with Crippen LogP contribution in [0.4, 0.5) is 0 Å². The molecule has 1 aliphatic carbocycles. The monoisotopic (exact) mass is 256 g/mol. The Kier molecular flexibility index (Phi) is 3.94. The number of likely N-dealkylation sites (N-methyl/N-ethyl adjacent to an activating group) is 1. The van der Waals surface area contributed by atoms with Crippen LogP contribution in [0, 0.1) is 11.3 Å². The van der Waals surface area contributed by atoms with E-state index in [2.05, 4.69) is 24.5 Å². The molecular formula is C13H24N2O3. The summed E-state index contributed by atoms with van der Waals surface area (Å²) in [6.07, 6.45) is 1.13. The minimum Gasteiger partial charge on any atom is -0.381 e. The van der Waals surface area contributed by atoms with Gasteiger partial charge in [-0.15, -0.1) is 0 Å². The normalized spacial score (nSPS) is 38.2. The molecule has 0 spiro atoms. The number of methoxy groups -OCH3 is 1. The van der Waals surface area contributed by atoms with E-state index in [4.69, 9.17) is 9.47 Å². The zero-order chi connectivity index (χ0) is 13.3. The average Bonchev–Trinajstić information content (AvgIpc) is 2.81. The Morgan fingerprint density at radius 3 is 2.67 bits per heavy atom. The molecule has 2 rings (SSSR count). The van der Waals surface area contributed by atoms with E-state index in [1.54, 1.807) is 7.11 Å². The first-order valence-corrected chi connectivity index (χ1v) is 6.59. The van der Waals surface area contributed by atoms with Crippen molar-refractivity contribution in [2.75, 3.05) is 27.4 Å². The molecule has 2 fully saturated rings. The zero-order valence-electron chi connectivity index (χ0n) is 11.7. The van der Waals surface area contributed by atoms with Crippen molar-refractivity contribution < 1.29 is 14.3 Å². The second-order valence-electron chi connectivity index (χ2n) is 5.88. The molecule has 1 heterocycles. The topological polar surface area (TPSA) is 59.6 Å². The first-order valence-electron chi connectivity index (χ1n) is 6.59. The fourth-order valence-corrected chi connectivity index (χ4v) is 2.91. The fraction of sp³-hybridized carbons (Fsp3) is 0.923. The molecule has 5 heteroatoms. The fourth-order valence-electron chi connectivity index (χ4n) is 2.91. The molecule has 0 bridgehead atoms. The van der Waals surface area contributed by atoms with Crippen molar-refractivity contribution in [1.82, 2.24) is 10.6 Å². The summed E-state index contributed by atoms with van der Waals surface area (Å²) in [5.41, 5.74) is 0.0129. The maximum Gasteiger partial charge on any atom is 0.227 e. The molecule has 5 nitrogen and oxygen atoms in total. The molecule has 2 N–H and O–H groups in total. The lowest BCUT2D eigenvalue weighted by Crippen LogP contribution is -2.63. The third-order valence-corrected chi connectivity index (χ3v) is 4.57. The molecule has 1 saturated heterocycles. The van der Waals surface area contributed by atoms with Crippen molar-refractivity contribution in [3.05, 3.63) is 0 Å². The lowest BCUT2D eigenvalue weighted by molar-refractivity contribution is -0.136. The molecule has 1 saturated carbocycles. The van der Waals surface area contributed by atoms with Gasteiger partial charge in [0.2, 0.25) is 5.91 Å². The molecular weight excluding hydrogens is 232 g/mol. The summed E-state index contributed by atoms with van der Waals surface area (Å²) in [7, 11) is 3.60.